The first kappa shape index (κ1) is 20.9. The summed E-state index contributed by atoms with van der Waals surface area (Å²) in [6.07, 6.45) is 0.309. The fourth-order valence-electron chi connectivity index (χ4n) is 3.05. The van der Waals surface area contributed by atoms with E-state index in [4.69, 9.17) is 0 Å². The number of nitrogens with one attached hydrogen (secondary N) is 2. The molecule has 0 unspecified atom stereocenters. The second kappa shape index (κ2) is 9.13. The van der Waals surface area contributed by atoms with Crippen LogP contribution in [0.1, 0.15) is 29.4 Å². The van der Waals surface area contributed by atoms with E-state index in [1.807, 2.05) is 0 Å². The fraction of sp³-hybridized carbons (Fsp3) is 0.227. The lowest BCUT2D eigenvalue weighted by molar-refractivity contribution is -0.120. The van der Waals surface area contributed by atoms with Crippen LogP contribution in [0.4, 0.5) is 5.69 Å². The number of Topliss-reactive ketones (excluding diaryl/α,β-unsaturated/α-hetero) is 1. The van der Waals surface area contributed by atoms with Crippen molar-refractivity contribution in [2.75, 3.05) is 12.4 Å². The summed E-state index contributed by atoms with van der Waals surface area (Å²) in [7, 11) is 1.53. The molecule has 0 radical (unpaired) electrons. The average Bonchev–Trinajstić information content (AvgIpc) is 2.74. The first-order valence-electron chi connectivity index (χ1n) is 9.49. The molecule has 2 N–H and O–H groups in total. The van der Waals surface area contributed by atoms with Crippen molar-refractivity contribution in [3.8, 4) is 0 Å². The van der Waals surface area contributed by atoms with E-state index in [2.05, 4.69) is 15.6 Å². The van der Waals surface area contributed by atoms with Gasteiger partial charge in [-0.3, -0.25) is 23.7 Å². The van der Waals surface area contributed by atoms with Crippen molar-refractivity contribution in [3.05, 3.63) is 70.1 Å². The molecule has 0 aliphatic heterocycles. The summed E-state index contributed by atoms with van der Waals surface area (Å²) >= 11 is 0. The second-order valence-electron chi connectivity index (χ2n) is 6.79. The minimum atomic E-state index is -0.403. The predicted molar refractivity (Wildman–Crippen MR) is 113 cm³/mol. The third-order valence-electron chi connectivity index (χ3n) is 4.66. The maximum atomic E-state index is 12.9. The average molecular weight is 406 g/mol. The summed E-state index contributed by atoms with van der Waals surface area (Å²) in [6, 6.07) is 13.6. The molecule has 2 amide bonds. The van der Waals surface area contributed by atoms with Crippen molar-refractivity contribution in [1.82, 2.24) is 14.9 Å². The Bertz CT molecular complexity index is 1170. The van der Waals surface area contributed by atoms with Gasteiger partial charge >= 0.3 is 0 Å². The molecule has 0 saturated heterocycles. The first-order chi connectivity index (χ1) is 14.4. The smallest absolute Gasteiger partial charge is 0.273 e. The molecule has 0 aliphatic carbocycles. The van der Waals surface area contributed by atoms with Gasteiger partial charge in [-0.15, -0.1) is 0 Å². The van der Waals surface area contributed by atoms with Gasteiger partial charge in [-0.2, -0.15) is 0 Å². The molecule has 0 atom stereocenters. The molecular weight excluding hydrogens is 384 g/mol. The van der Waals surface area contributed by atoms with Crippen LogP contribution in [0.15, 0.2) is 53.3 Å². The molecule has 0 saturated carbocycles. The number of aromatic nitrogens is 2. The molecule has 0 spiro atoms. The van der Waals surface area contributed by atoms with Crippen LogP contribution in [0.2, 0.25) is 0 Å². The number of ketones is 1. The highest BCUT2D eigenvalue weighted by Gasteiger charge is 2.15. The molecule has 2 aromatic carbocycles. The van der Waals surface area contributed by atoms with E-state index in [1.54, 1.807) is 48.5 Å². The third-order valence-corrected chi connectivity index (χ3v) is 4.66. The van der Waals surface area contributed by atoms with Crippen molar-refractivity contribution in [1.29, 1.82) is 0 Å². The van der Waals surface area contributed by atoms with Gasteiger partial charge in [0.2, 0.25) is 11.8 Å². The highest BCUT2D eigenvalue weighted by Crippen LogP contribution is 2.13. The Labute approximate surface area is 172 Å². The highest BCUT2D eigenvalue weighted by molar-refractivity contribution is 5.95. The predicted octanol–water partition coefficient (Wildman–Crippen LogP) is 1.92. The zero-order valence-corrected chi connectivity index (χ0v) is 16.8. The van der Waals surface area contributed by atoms with Crippen molar-refractivity contribution in [2.45, 2.75) is 26.3 Å². The maximum absolute atomic E-state index is 12.9. The molecule has 0 bridgehead atoms. The van der Waals surface area contributed by atoms with Crippen LogP contribution < -0.4 is 16.2 Å². The number of aryl methyl sites for hydroxylation is 1. The van der Waals surface area contributed by atoms with Crippen molar-refractivity contribution >= 4 is 34.3 Å². The van der Waals surface area contributed by atoms with E-state index in [0.29, 0.717) is 22.3 Å². The summed E-state index contributed by atoms with van der Waals surface area (Å²) in [6.45, 7) is 1.26. The van der Waals surface area contributed by atoms with Crippen LogP contribution in [0.5, 0.6) is 0 Å². The first-order valence-corrected chi connectivity index (χ1v) is 9.49. The van der Waals surface area contributed by atoms with Gasteiger partial charge in [-0.25, -0.2) is 4.98 Å². The summed E-state index contributed by atoms with van der Waals surface area (Å²) in [5.74, 6) is -0.643. The molecule has 1 aromatic heterocycles. The monoisotopic (exact) mass is 406 g/mol. The Morgan fingerprint density at radius 2 is 1.70 bits per heavy atom. The van der Waals surface area contributed by atoms with Crippen LogP contribution >= 0.6 is 0 Å². The molecule has 8 heteroatoms. The Kier molecular flexibility index (Phi) is 6.36. The lowest BCUT2D eigenvalue weighted by Crippen LogP contribution is -2.31. The Morgan fingerprint density at radius 3 is 2.37 bits per heavy atom. The van der Waals surface area contributed by atoms with Gasteiger partial charge in [0.15, 0.2) is 5.78 Å². The summed E-state index contributed by atoms with van der Waals surface area (Å²) < 4.78 is 1.36. The zero-order chi connectivity index (χ0) is 21.7. The van der Waals surface area contributed by atoms with Crippen LogP contribution in [-0.2, 0) is 22.6 Å². The number of rotatable bonds is 7. The van der Waals surface area contributed by atoms with Crippen LogP contribution in [0.3, 0.4) is 0 Å². The lowest BCUT2D eigenvalue weighted by Gasteiger charge is -2.12. The van der Waals surface area contributed by atoms with Crippen LogP contribution in [0, 0.1) is 0 Å². The van der Waals surface area contributed by atoms with Crippen LogP contribution in [0.25, 0.3) is 11.0 Å². The van der Waals surface area contributed by atoms with E-state index in [9.17, 15) is 19.2 Å². The summed E-state index contributed by atoms with van der Waals surface area (Å²) in [5, 5.41) is 5.25. The van der Waals surface area contributed by atoms with E-state index >= 15 is 0 Å². The van der Waals surface area contributed by atoms with E-state index in [0.717, 1.165) is 0 Å². The Morgan fingerprint density at radius 1 is 1.00 bits per heavy atom. The van der Waals surface area contributed by atoms with Crippen molar-refractivity contribution in [2.24, 2.45) is 0 Å². The molecule has 8 nitrogen and oxygen atoms in total. The van der Waals surface area contributed by atoms with E-state index in [-0.39, 0.29) is 42.7 Å². The number of hydrogen-bond donors (Lipinski definition) is 2. The number of hydrogen-bond acceptors (Lipinski definition) is 5. The summed E-state index contributed by atoms with van der Waals surface area (Å²) in [4.78, 5) is 52.9. The molecular formula is C22H22N4O4. The standard InChI is InChI=1S/C22H22N4O4/c1-14(27)15-7-9-16(10-8-15)24-21(29)13-26-19-6-4-3-5-17(19)25-18(22(26)30)11-12-20(28)23-2/h3-10H,11-13H2,1-2H3,(H,23,28)(H,24,29). The molecule has 3 rings (SSSR count). The molecule has 154 valence electrons. The van der Waals surface area contributed by atoms with Gasteiger partial charge < -0.3 is 10.6 Å². The van der Waals surface area contributed by atoms with Crippen molar-refractivity contribution < 1.29 is 14.4 Å². The number of benzene rings is 2. The van der Waals surface area contributed by atoms with Gasteiger partial charge in [0, 0.05) is 31.1 Å². The van der Waals surface area contributed by atoms with Gasteiger partial charge in [0.25, 0.3) is 5.56 Å². The SMILES string of the molecule is CNC(=O)CCc1nc2ccccc2n(CC(=O)Nc2ccc(C(C)=O)cc2)c1=O. The Balaban J connectivity index is 1.87. The van der Waals surface area contributed by atoms with Gasteiger partial charge in [-0.1, -0.05) is 12.1 Å². The van der Waals surface area contributed by atoms with E-state index in [1.165, 1.54) is 18.5 Å². The number of carbonyl (C=O) groups is 3. The second-order valence-corrected chi connectivity index (χ2v) is 6.79. The lowest BCUT2D eigenvalue weighted by atomic mass is 10.1. The van der Waals surface area contributed by atoms with Crippen molar-refractivity contribution in [3.63, 3.8) is 0 Å². The molecule has 1 heterocycles. The fourth-order valence-corrected chi connectivity index (χ4v) is 3.05. The number of amides is 2. The van der Waals surface area contributed by atoms with Gasteiger partial charge in [0.1, 0.15) is 12.2 Å². The topological polar surface area (TPSA) is 110 Å². The number of para-hydroxylation sites is 2. The number of nitrogens with zero attached hydrogens (tertiary/aromatic N) is 2. The number of anilines is 1. The number of fused-ring (bicyclic) bond motifs is 1. The zero-order valence-electron chi connectivity index (χ0n) is 16.8. The maximum Gasteiger partial charge on any atom is 0.273 e. The largest absolute Gasteiger partial charge is 0.359 e. The number of carbonyl (C=O) groups excluding carboxylic acids is 3. The normalized spacial score (nSPS) is 10.6. The Hall–Kier alpha value is -3.81. The van der Waals surface area contributed by atoms with Crippen LogP contribution in [-0.4, -0.2) is 34.2 Å². The molecule has 0 aliphatic rings. The molecule has 30 heavy (non-hydrogen) atoms. The third kappa shape index (κ3) is 4.78. The van der Waals surface area contributed by atoms with Gasteiger partial charge in [0.05, 0.1) is 11.0 Å². The highest BCUT2D eigenvalue weighted by atomic mass is 16.2. The minimum absolute atomic E-state index is 0.0630. The molecule has 0 fully saturated rings. The quantitative estimate of drug-likeness (QED) is 0.583. The molecule has 3 aromatic rings. The van der Waals surface area contributed by atoms with E-state index < -0.39 is 5.56 Å². The minimum Gasteiger partial charge on any atom is -0.359 e. The van der Waals surface area contributed by atoms with Gasteiger partial charge in [-0.05, 0) is 43.3 Å². The summed E-state index contributed by atoms with van der Waals surface area (Å²) in [5.41, 5.74) is 2.01.